The second-order valence-corrected chi connectivity index (χ2v) is 5.92. The summed E-state index contributed by atoms with van der Waals surface area (Å²) in [6, 6.07) is 9.96. The standard InChI is InChI=1S/C17H19N7O/c18-17-22-14(13-5-6-25-9-13)7-16(23-17)20-8-12-3-1-2-4-15(12)24-11-19-10-21-24/h1-4,7,10-11,13H,5-6,8-9H2,(H3,18,20,22,23)/t13-/m0/s1. The van der Waals surface area contributed by atoms with Crippen LogP contribution in [0.5, 0.6) is 0 Å². The number of hydrogen-bond donors (Lipinski definition) is 2. The number of benzene rings is 1. The Kier molecular flexibility index (Phi) is 4.26. The molecule has 3 N–H and O–H groups in total. The van der Waals surface area contributed by atoms with E-state index < -0.39 is 0 Å². The smallest absolute Gasteiger partial charge is 0.222 e. The van der Waals surface area contributed by atoms with Gasteiger partial charge in [-0.05, 0) is 18.1 Å². The maximum absolute atomic E-state index is 5.88. The summed E-state index contributed by atoms with van der Waals surface area (Å²) in [5, 5.41) is 7.54. The van der Waals surface area contributed by atoms with Crippen molar-refractivity contribution in [3.8, 4) is 5.69 Å². The van der Waals surface area contributed by atoms with E-state index in [9.17, 15) is 0 Å². The van der Waals surface area contributed by atoms with Crippen LogP contribution in [-0.2, 0) is 11.3 Å². The van der Waals surface area contributed by atoms with Gasteiger partial charge in [0.15, 0.2) is 0 Å². The van der Waals surface area contributed by atoms with Gasteiger partial charge in [0.25, 0.3) is 0 Å². The monoisotopic (exact) mass is 337 g/mol. The molecule has 8 heteroatoms. The van der Waals surface area contributed by atoms with Gasteiger partial charge in [-0.25, -0.2) is 14.6 Å². The van der Waals surface area contributed by atoms with Crippen LogP contribution in [0.1, 0.15) is 23.6 Å². The van der Waals surface area contributed by atoms with Crippen molar-refractivity contribution in [1.82, 2.24) is 24.7 Å². The molecule has 8 nitrogen and oxygen atoms in total. The third-order valence-corrected chi connectivity index (χ3v) is 4.23. The SMILES string of the molecule is Nc1nc(NCc2ccccc2-n2cncn2)cc([C@H]2CCOC2)n1. The Labute approximate surface area is 145 Å². The Hall–Kier alpha value is -3.00. The van der Waals surface area contributed by atoms with E-state index >= 15 is 0 Å². The first-order chi connectivity index (χ1) is 12.3. The maximum Gasteiger partial charge on any atom is 0.222 e. The van der Waals surface area contributed by atoms with Gasteiger partial charge in [0, 0.05) is 25.1 Å². The molecule has 0 bridgehead atoms. The van der Waals surface area contributed by atoms with Crippen molar-refractivity contribution in [3.63, 3.8) is 0 Å². The van der Waals surface area contributed by atoms with Crippen LogP contribution in [0.25, 0.3) is 5.69 Å². The highest BCUT2D eigenvalue weighted by Crippen LogP contribution is 2.26. The summed E-state index contributed by atoms with van der Waals surface area (Å²) in [6.45, 7) is 2.04. The van der Waals surface area contributed by atoms with Crippen molar-refractivity contribution in [2.45, 2.75) is 18.9 Å². The molecule has 0 radical (unpaired) electrons. The molecule has 128 valence electrons. The van der Waals surface area contributed by atoms with E-state index in [-0.39, 0.29) is 11.9 Å². The predicted octanol–water partition coefficient (Wildman–Crippen LogP) is 1.76. The van der Waals surface area contributed by atoms with Crippen molar-refractivity contribution < 1.29 is 4.74 Å². The van der Waals surface area contributed by atoms with Gasteiger partial charge >= 0.3 is 0 Å². The highest BCUT2D eigenvalue weighted by atomic mass is 16.5. The second kappa shape index (κ2) is 6.86. The lowest BCUT2D eigenvalue weighted by atomic mass is 10.0. The highest BCUT2D eigenvalue weighted by Gasteiger charge is 2.20. The average Bonchev–Trinajstić information content (AvgIpc) is 3.33. The van der Waals surface area contributed by atoms with E-state index in [1.807, 2.05) is 30.3 Å². The Morgan fingerprint density at radius 3 is 3.00 bits per heavy atom. The van der Waals surface area contributed by atoms with Crippen molar-refractivity contribution in [2.75, 3.05) is 24.3 Å². The highest BCUT2D eigenvalue weighted by molar-refractivity contribution is 5.46. The molecule has 25 heavy (non-hydrogen) atoms. The van der Waals surface area contributed by atoms with E-state index in [0.717, 1.165) is 30.0 Å². The van der Waals surface area contributed by atoms with Crippen LogP contribution in [0.15, 0.2) is 43.0 Å². The van der Waals surface area contributed by atoms with Crippen molar-refractivity contribution in [3.05, 3.63) is 54.2 Å². The fraction of sp³-hybridized carbons (Fsp3) is 0.294. The maximum atomic E-state index is 5.88. The lowest BCUT2D eigenvalue weighted by molar-refractivity contribution is 0.193. The normalized spacial score (nSPS) is 16.9. The zero-order chi connectivity index (χ0) is 17.1. The minimum atomic E-state index is 0.275. The zero-order valence-electron chi connectivity index (χ0n) is 13.7. The molecule has 1 aliphatic rings. The minimum absolute atomic E-state index is 0.275. The molecule has 2 aromatic heterocycles. The van der Waals surface area contributed by atoms with Gasteiger partial charge in [0.05, 0.1) is 18.0 Å². The fourth-order valence-electron chi connectivity index (χ4n) is 2.96. The first-order valence-electron chi connectivity index (χ1n) is 8.18. The largest absolute Gasteiger partial charge is 0.381 e. The van der Waals surface area contributed by atoms with Crippen LogP contribution in [0.2, 0.25) is 0 Å². The Bertz CT molecular complexity index is 844. The van der Waals surface area contributed by atoms with E-state index in [4.69, 9.17) is 10.5 Å². The van der Waals surface area contributed by atoms with Gasteiger partial charge < -0.3 is 15.8 Å². The number of rotatable bonds is 5. The molecule has 1 aromatic carbocycles. The van der Waals surface area contributed by atoms with Gasteiger partial charge in [-0.15, -0.1) is 0 Å². The van der Waals surface area contributed by atoms with Crippen molar-refractivity contribution in [1.29, 1.82) is 0 Å². The summed E-state index contributed by atoms with van der Waals surface area (Å²) < 4.78 is 7.18. The number of aromatic nitrogens is 5. The van der Waals surface area contributed by atoms with Crippen LogP contribution in [-0.4, -0.2) is 37.9 Å². The summed E-state index contributed by atoms with van der Waals surface area (Å²) in [4.78, 5) is 12.7. The predicted molar refractivity (Wildman–Crippen MR) is 93.3 cm³/mol. The number of nitrogens with zero attached hydrogens (tertiary/aromatic N) is 5. The minimum Gasteiger partial charge on any atom is -0.381 e. The molecule has 3 aromatic rings. The number of anilines is 2. The first-order valence-corrected chi connectivity index (χ1v) is 8.18. The molecule has 1 aliphatic heterocycles. The molecule has 0 saturated carbocycles. The van der Waals surface area contributed by atoms with E-state index in [1.165, 1.54) is 6.33 Å². The van der Waals surface area contributed by atoms with Gasteiger partial charge in [0.1, 0.15) is 18.5 Å². The molecule has 0 spiro atoms. The Morgan fingerprint density at radius 1 is 1.28 bits per heavy atom. The second-order valence-electron chi connectivity index (χ2n) is 5.92. The summed E-state index contributed by atoms with van der Waals surface area (Å²) in [5.74, 6) is 1.27. The molecular weight excluding hydrogens is 318 g/mol. The van der Waals surface area contributed by atoms with Gasteiger partial charge in [-0.2, -0.15) is 10.1 Å². The van der Waals surface area contributed by atoms with Crippen LogP contribution in [0.3, 0.4) is 0 Å². The molecule has 0 amide bonds. The Balaban J connectivity index is 1.54. The van der Waals surface area contributed by atoms with Crippen LogP contribution >= 0.6 is 0 Å². The molecule has 4 rings (SSSR count). The van der Waals surface area contributed by atoms with E-state index in [0.29, 0.717) is 19.0 Å². The van der Waals surface area contributed by atoms with Gasteiger partial charge in [-0.3, -0.25) is 0 Å². The third-order valence-electron chi connectivity index (χ3n) is 4.23. The number of hydrogen-bond acceptors (Lipinski definition) is 7. The van der Waals surface area contributed by atoms with Crippen LogP contribution in [0, 0.1) is 0 Å². The number of nitrogens with two attached hydrogens (primary N) is 1. The lowest BCUT2D eigenvalue weighted by Gasteiger charge is -2.13. The summed E-state index contributed by atoms with van der Waals surface area (Å²) in [6.07, 6.45) is 4.16. The molecule has 1 fully saturated rings. The van der Waals surface area contributed by atoms with Crippen molar-refractivity contribution in [2.24, 2.45) is 0 Å². The molecule has 1 saturated heterocycles. The number of nitrogens with one attached hydrogen (secondary N) is 1. The van der Waals surface area contributed by atoms with Crippen LogP contribution < -0.4 is 11.1 Å². The summed E-state index contributed by atoms with van der Waals surface area (Å²) in [5.41, 5.74) is 8.86. The molecule has 3 heterocycles. The molecule has 1 atom stereocenters. The molecular formula is C17H19N7O. The topological polar surface area (TPSA) is 104 Å². The van der Waals surface area contributed by atoms with E-state index in [2.05, 4.69) is 25.4 Å². The van der Waals surface area contributed by atoms with Gasteiger partial charge in [-0.1, -0.05) is 18.2 Å². The third kappa shape index (κ3) is 3.43. The molecule has 0 aliphatic carbocycles. The van der Waals surface area contributed by atoms with Crippen LogP contribution in [0.4, 0.5) is 11.8 Å². The zero-order valence-corrected chi connectivity index (χ0v) is 13.7. The summed E-state index contributed by atoms with van der Waals surface area (Å²) in [7, 11) is 0. The number of ether oxygens (including phenoxy) is 1. The summed E-state index contributed by atoms with van der Waals surface area (Å²) >= 11 is 0. The number of nitrogen functional groups attached to an aromatic ring is 1. The average molecular weight is 337 g/mol. The fourth-order valence-corrected chi connectivity index (χ4v) is 2.96. The quantitative estimate of drug-likeness (QED) is 0.731. The van der Waals surface area contributed by atoms with E-state index in [1.54, 1.807) is 11.0 Å². The lowest BCUT2D eigenvalue weighted by Crippen LogP contribution is -2.10. The first kappa shape index (κ1) is 15.5. The Morgan fingerprint density at radius 2 is 2.20 bits per heavy atom. The van der Waals surface area contributed by atoms with Gasteiger partial charge in [0.2, 0.25) is 5.95 Å². The van der Waals surface area contributed by atoms with Crippen molar-refractivity contribution >= 4 is 11.8 Å². The molecule has 0 unspecified atom stereocenters. The number of para-hydroxylation sites is 1.